The van der Waals surface area contributed by atoms with Crippen LogP contribution in [0.2, 0.25) is 0 Å². The molecule has 1 atom stereocenters. The third-order valence-corrected chi connectivity index (χ3v) is 7.17. The molecule has 0 bridgehead atoms. The summed E-state index contributed by atoms with van der Waals surface area (Å²) in [5.41, 5.74) is 3.94. The van der Waals surface area contributed by atoms with Crippen LogP contribution in [-0.2, 0) is 0 Å². The average molecular weight is 552 g/mol. The number of hydrazone groups is 1. The highest BCUT2D eigenvalue weighted by molar-refractivity contribution is 5.95. The molecule has 3 aliphatic heterocycles. The van der Waals surface area contributed by atoms with Gasteiger partial charge < -0.3 is 24.6 Å². The summed E-state index contributed by atoms with van der Waals surface area (Å²) < 4.78 is 12.3. The molecule has 3 aliphatic rings. The zero-order valence-electron chi connectivity index (χ0n) is 24.2. The number of aryl methyl sites for hydroxylation is 1. The van der Waals surface area contributed by atoms with E-state index in [2.05, 4.69) is 55.3 Å². The molecule has 1 saturated heterocycles. The zero-order chi connectivity index (χ0) is 28.8. The number of hydrogen-bond acceptors (Lipinski definition) is 9. The number of ether oxygens (including phenoxy) is 2. The predicted molar refractivity (Wildman–Crippen MR) is 166 cm³/mol. The monoisotopic (exact) mass is 551 g/mol. The van der Waals surface area contributed by atoms with Gasteiger partial charge in [0, 0.05) is 55.6 Å². The molecule has 1 aromatic heterocycles. The summed E-state index contributed by atoms with van der Waals surface area (Å²) >= 11 is 0. The molecule has 6 rings (SSSR count). The lowest BCUT2D eigenvalue weighted by Crippen LogP contribution is -2.56. The maximum absolute atomic E-state index is 6.13. The summed E-state index contributed by atoms with van der Waals surface area (Å²) in [6.07, 6.45) is 14.8. The quantitative estimate of drug-likeness (QED) is 0.337. The van der Waals surface area contributed by atoms with Crippen molar-refractivity contribution in [3.05, 3.63) is 66.3 Å². The summed E-state index contributed by atoms with van der Waals surface area (Å²) in [6, 6.07) is 10.6. The maximum atomic E-state index is 6.13. The Morgan fingerprint density at radius 1 is 1.24 bits per heavy atom. The molecule has 0 amide bonds. The van der Waals surface area contributed by atoms with Crippen molar-refractivity contribution < 1.29 is 9.47 Å². The van der Waals surface area contributed by atoms with Crippen molar-refractivity contribution in [3.8, 4) is 23.8 Å². The first-order chi connectivity index (χ1) is 20.0. The second-order valence-corrected chi connectivity index (χ2v) is 10.2. The third-order valence-electron chi connectivity index (χ3n) is 7.17. The molecule has 9 heteroatoms. The van der Waals surface area contributed by atoms with Crippen molar-refractivity contribution >= 4 is 34.3 Å². The number of nitrogens with zero attached hydrogens (tertiary/aromatic N) is 6. The summed E-state index contributed by atoms with van der Waals surface area (Å²) in [4.78, 5) is 13.9. The van der Waals surface area contributed by atoms with Gasteiger partial charge in [-0.15, -0.1) is 12.3 Å². The van der Waals surface area contributed by atoms with Crippen molar-refractivity contribution in [2.24, 2.45) is 5.10 Å². The lowest BCUT2D eigenvalue weighted by molar-refractivity contribution is 0.188. The summed E-state index contributed by atoms with van der Waals surface area (Å²) in [7, 11) is 2.17. The number of rotatable bonds is 5. The minimum atomic E-state index is 0.358. The van der Waals surface area contributed by atoms with Gasteiger partial charge in [0.2, 0.25) is 0 Å². The molecule has 0 aliphatic carbocycles. The molecule has 1 N–H and O–H groups in total. The van der Waals surface area contributed by atoms with Crippen LogP contribution < -0.4 is 19.7 Å². The van der Waals surface area contributed by atoms with Gasteiger partial charge in [-0.2, -0.15) is 5.10 Å². The molecule has 1 unspecified atom stereocenters. The number of piperazine rings is 1. The molecule has 2 aromatic carbocycles. The first-order valence-electron chi connectivity index (χ1n) is 14.0. The van der Waals surface area contributed by atoms with E-state index in [1.165, 1.54) is 0 Å². The fourth-order valence-electron chi connectivity index (χ4n) is 5.06. The second kappa shape index (κ2) is 12.7. The average Bonchev–Trinajstić information content (AvgIpc) is 2.99. The lowest BCUT2D eigenvalue weighted by Gasteiger charge is -2.44. The molecular formula is C32H37N7O2. The Labute approximate surface area is 242 Å². The Bertz CT molecular complexity index is 1520. The van der Waals surface area contributed by atoms with Crippen LogP contribution in [0.25, 0.3) is 10.9 Å². The van der Waals surface area contributed by atoms with Crippen LogP contribution in [0.15, 0.2) is 65.9 Å². The Hall–Kier alpha value is -4.55. The van der Waals surface area contributed by atoms with Crippen LogP contribution >= 0.6 is 0 Å². The van der Waals surface area contributed by atoms with Crippen molar-refractivity contribution in [2.75, 3.05) is 50.1 Å². The molecular weight excluding hydrogens is 514 g/mol. The molecule has 41 heavy (non-hydrogen) atoms. The highest BCUT2D eigenvalue weighted by Crippen LogP contribution is 2.40. The van der Waals surface area contributed by atoms with E-state index in [1.54, 1.807) is 12.5 Å². The summed E-state index contributed by atoms with van der Waals surface area (Å²) in [6.45, 7) is 10.3. The lowest BCUT2D eigenvalue weighted by atomic mass is 10.1. The van der Waals surface area contributed by atoms with Crippen LogP contribution in [0.5, 0.6) is 11.5 Å². The van der Waals surface area contributed by atoms with Crippen molar-refractivity contribution in [3.63, 3.8) is 0 Å². The van der Waals surface area contributed by atoms with Crippen LogP contribution in [0.4, 0.5) is 17.2 Å². The normalized spacial score (nSPS) is 18.0. The van der Waals surface area contributed by atoms with Gasteiger partial charge in [0.1, 0.15) is 36.0 Å². The van der Waals surface area contributed by atoms with Crippen LogP contribution in [0.3, 0.4) is 0 Å². The molecule has 3 aromatic rings. The molecule has 0 saturated carbocycles. The van der Waals surface area contributed by atoms with Crippen LogP contribution in [-0.4, -0.2) is 72.0 Å². The molecule has 4 heterocycles. The van der Waals surface area contributed by atoms with Gasteiger partial charge in [-0.1, -0.05) is 6.92 Å². The largest absolute Gasteiger partial charge is 0.489 e. The second-order valence-electron chi connectivity index (χ2n) is 10.2. The Morgan fingerprint density at radius 3 is 2.83 bits per heavy atom. The number of allylic oxidation sites excluding steroid dienone is 1. The van der Waals surface area contributed by atoms with Gasteiger partial charge in [-0.05, 0) is 62.9 Å². The van der Waals surface area contributed by atoms with E-state index >= 15 is 0 Å². The molecule has 9 nitrogen and oxygen atoms in total. The number of nitrogens with one attached hydrogen (secondary N) is 1. The van der Waals surface area contributed by atoms with Crippen LogP contribution in [0, 0.1) is 19.3 Å². The van der Waals surface area contributed by atoms with Crippen molar-refractivity contribution in [1.82, 2.24) is 19.9 Å². The Balaban J connectivity index is 0.000000794. The maximum Gasteiger partial charge on any atom is 0.144 e. The topological polar surface area (TPSA) is 78.3 Å². The number of terminal acetylenes is 1. The molecule has 0 spiro atoms. The third kappa shape index (κ3) is 6.44. The van der Waals surface area contributed by atoms with Crippen LogP contribution in [0.1, 0.15) is 25.8 Å². The van der Waals surface area contributed by atoms with Gasteiger partial charge in [-0.3, -0.25) is 5.01 Å². The first kappa shape index (κ1) is 28.0. The van der Waals surface area contributed by atoms with E-state index < -0.39 is 0 Å². The van der Waals surface area contributed by atoms with Gasteiger partial charge in [0.15, 0.2) is 0 Å². The zero-order valence-corrected chi connectivity index (χ0v) is 24.2. The first-order valence-corrected chi connectivity index (χ1v) is 14.0. The van der Waals surface area contributed by atoms with E-state index in [4.69, 9.17) is 15.9 Å². The smallest absolute Gasteiger partial charge is 0.144 e. The van der Waals surface area contributed by atoms with Gasteiger partial charge in [0.05, 0.1) is 23.8 Å². The molecule has 1 fully saturated rings. The van der Waals surface area contributed by atoms with E-state index in [9.17, 15) is 0 Å². The fourth-order valence-corrected chi connectivity index (χ4v) is 5.06. The number of benzene rings is 2. The number of fused-ring (bicyclic) bond motifs is 4. The fraction of sp³-hybridized carbons (Fsp3) is 0.344. The summed E-state index contributed by atoms with van der Waals surface area (Å²) in [5.74, 6) is 5.72. The number of anilines is 3. The van der Waals surface area contributed by atoms with Gasteiger partial charge in [0.25, 0.3) is 0 Å². The van der Waals surface area contributed by atoms with E-state index in [0.29, 0.717) is 19.2 Å². The Kier molecular flexibility index (Phi) is 8.70. The number of hydrogen-bond donors (Lipinski definition) is 1. The molecule has 212 valence electrons. The number of likely N-dealkylation sites (N-methyl/N-ethyl adjacent to an activating group) is 1. The SMILES string of the molecule is C#CCC.C/C=N\N1C=CC(Oc2ccc(Nc3ncnc4cc5c(cc34)N3CCN(C)CC3CO5)cc2C)=CC1. The highest BCUT2D eigenvalue weighted by atomic mass is 16.5. The molecule has 0 radical (unpaired) electrons. The predicted octanol–water partition coefficient (Wildman–Crippen LogP) is 5.32. The van der Waals surface area contributed by atoms with Gasteiger partial charge in [-0.25, -0.2) is 9.97 Å². The van der Waals surface area contributed by atoms with E-state index in [0.717, 1.165) is 77.0 Å². The van der Waals surface area contributed by atoms with Crippen molar-refractivity contribution in [1.29, 1.82) is 0 Å². The van der Waals surface area contributed by atoms with E-state index in [-0.39, 0.29) is 0 Å². The van der Waals surface area contributed by atoms with Crippen molar-refractivity contribution in [2.45, 2.75) is 33.2 Å². The van der Waals surface area contributed by atoms with Gasteiger partial charge >= 0.3 is 0 Å². The van der Waals surface area contributed by atoms with E-state index in [1.807, 2.05) is 62.3 Å². The minimum absolute atomic E-state index is 0.358. The standard InChI is InChI=1S/C28H31N7O2.C4H6/c1-4-31-34-9-7-22(8-10-34)37-26-6-5-20(13-19(26)2)32-28-23-14-25-27(15-24(23)29-18-30-28)36-17-21-16-33(3)11-12-35(21)25;1-3-4-2/h4-9,13-15,18,21H,10-12,16-17H2,1-3H3,(H,29,30,32);1H,4H2,2H3/b31-4-;. The Morgan fingerprint density at radius 2 is 2.10 bits per heavy atom. The minimum Gasteiger partial charge on any atom is -0.489 e. The highest BCUT2D eigenvalue weighted by Gasteiger charge is 2.32. The summed E-state index contributed by atoms with van der Waals surface area (Å²) in [5, 5.41) is 10.6. The number of aromatic nitrogens is 2.